The number of amides is 1. The Hall–Kier alpha value is -2.64. The average molecular weight is 405 g/mol. The van der Waals surface area contributed by atoms with Crippen molar-refractivity contribution in [2.45, 2.75) is 13.0 Å². The number of rotatable bonds is 5. The molecule has 0 aliphatic heterocycles. The van der Waals surface area contributed by atoms with Crippen molar-refractivity contribution >= 4 is 45.0 Å². The standard InChI is InChI=1S/C19H17ClN2O4S/c1-25-14-7-8-16-15(11-14)22(10-9-17(23)26-2)19(27-16)21-18(24)12-3-5-13(20)6-4-12/h3-8,11H,9-10H2,1-2H3. The number of carbonyl (C=O) groups excluding carboxylic acids is 2. The first kappa shape index (κ1) is 19.1. The van der Waals surface area contributed by atoms with Gasteiger partial charge in [-0.05, 0) is 36.4 Å². The topological polar surface area (TPSA) is 69.9 Å². The van der Waals surface area contributed by atoms with Crippen molar-refractivity contribution in [3.63, 3.8) is 0 Å². The van der Waals surface area contributed by atoms with E-state index < -0.39 is 0 Å². The summed E-state index contributed by atoms with van der Waals surface area (Å²) in [7, 11) is 2.93. The van der Waals surface area contributed by atoms with Gasteiger partial charge >= 0.3 is 5.97 Å². The number of fused-ring (bicyclic) bond motifs is 1. The van der Waals surface area contributed by atoms with Crippen LogP contribution in [0.15, 0.2) is 47.5 Å². The molecule has 0 unspecified atom stereocenters. The van der Waals surface area contributed by atoms with Gasteiger partial charge in [0.1, 0.15) is 5.75 Å². The van der Waals surface area contributed by atoms with E-state index in [1.165, 1.54) is 18.4 Å². The van der Waals surface area contributed by atoms with E-state index in [0.29, 0.717) is 27.7 Å². The Balaban J connectivity index is 2.08. The van der Waals surface area contributed by atoms with Crippen LogP contribution in [0.5, 0.6) is 5.75 Å². The van der Waals surface area contributed by atoms with Gasteiger partial charge in [0.05, 0.1) is 30.9 Å². The van der Waals surface area contributed by atoms with Crippen LogP contribution in [0.25, 0.3) is 10.2 Å². The maximum absolute atomic E-state index is 12.5. The lowest BCUT2D eigenvalue weighted by Crippen LogP contribution is -2.19. The second-order valence-electron chi connectivity index (χ2n) is 5.62. The third kappa shape index (κ3) is 4.37. The Kier molecular flexibility index (Phi) is 5.93. The molecule has 0 aliphatic carbocycles. The van der Waals surface area contributed by atoms with E-state index in [0.717, 1.165) is 10.2 Å². The summed E-state index contributed by atoms with van der Waals surface area (Å²) in [5.74, 6) is -0.0283. The maximum Gasteiger partial charge on any atom is 0.307 e. The summed E-state index contributed by atoms with van der Waals surface area (Å²) in [6.07, 6.45) is 0.169. The Morgan fingerprint density at radius 1 is 1.15 bits per heavy atom. The van der Waals surface area contributed by atoms with Crippen LogP contribution in [0.4, 0.5) is 0 Å². The highest BCUT2D eigenvalue weighted by Crippen LogP contribution is 2.23. The highest BCUT2D eigenvalue weighted by molar-refractivity contribution is 7.16. The van der Waals surface area contributed by atoms with Gasteiger partial charge in [0.15, 0.2) is 4.80 Å². The van der Waals surface area contributed by atoms with Crippen molar-refractivity contribution in [1.82, 2.24) is 4.57 Å². The molecule has 0 spiro atoms. The van der Waals surface area contributed by atoms with Crippen LogP contribution >= 0.6 is 22.9 Å². The fourth-order valence-electron chi connectivity index (χ4n) is 2.53. The Bertz CT molecular complexity index is 1050. The number of benzene rings is 2. The Labute approximate surface area is 164 Å². The molecule has 0 aliphatic rings. The lowest BCUT2D eigenvalue weighted by molar-refractivity contribution is -0.140. The second-order valence-corrected chi connectivity index (χ2v) is 7.07. The van der Waals surface area contributed by atoms with Crippen LogP contribution < -0.4 is 9.54 Å². The van der Waals surface area contributed by atoms with Gasteiger partial charge in [-0.2, -0.15) is 4.99 Å². The number of ether oxygens (including phenoxy) is 2. The SMILES string of the molecule is COC(=O)CCn1c(=NC(=O)c2ccc(Cl)cc2)sc2ccc(OC)cc21. The lowest BCUT2D eigenvalue weighted by atomic mass is 10.2. The summed E-state index contributed by atoms with van der Waals surface area (Å²) in [4.78, 5) is 28.9. The molecule has 1 amide bonds. The Morgan fingerprint density at radius 2 is 1.89 bits per heavy atom. The summed E-state index contributed by atoms with van der Waals surface area (Å²) >= 11 is 7.24. The van der Waals surface area contributed by atoms with Crippen LogP contribution in [0, 0.1) is 0 Å². The van der Waals surface area contributed by atoms with Crippen molar-refractivity contribution in [2.24, 2.45) is 4.99 Å². The van der Waals surface area contributed by atoms with E-state index in [1.54, 1.807) is 31.4 Å². The zero-order valence-corrected chi connectivity index (χ0v) is 16.3. The molecule has 3 rings (SSSR count). The molecule has 0 saturated heterocycles. The minimum absolute atomic E-state index is 0.169. The van der Waals surface area contributed by atoms with Gasteiger partial charge in [0.2, 0.25) is 0 Å². The first-order chi connectivity index (χ1) is 13.0. The molecule has 140 valence electrons. The largest absolute Gasteiger partial charge is 0.497 e. The van der Waals surface area contributed by atoms with Crippen LogP contribution in [0.1, 0.15) is 16.8 Å². The quantitative estimate of drug-likeness (QED) is 0.608. The predicted octanol–water partition coefficient (Wildman–Crippen LogP) is 3.67. The van der Waals surface area contributed by atoms with Gasteiger partial charge in [-0.15, -0.1) is 0 Å². The van der Waals surface area contributed by atoms with Crippen molar-refractivity contribution in [1.29, 1.82) is 0 Å². The van der Waals surface area contributed by atoms with Crippen LogP contribution in [-0.4, -0.2) is 30.7 Å². The molecule has 0 atom stereocenters. The van der Waals surface area contributed by atoms with Crippen LogP contribution in [-0.2, 0) is 16.1 Å². The fourth-order valence-corrected chi connectivity index (χ4v) is 3.69. The molecule has 0 N–H and O–H groups in total. The van der Waals surface area contributed by atoms with Gasteiger partial charge in [-0.1, -0.05) is 22.9 Å². The van der Waals surface area contributed by atoms with Crippen molar-refractivity contribution in [3.05, 3.63) is 57.9 Å². The molecule has 0 bridgehead atoms. The Morgan fingerprint density at radius 3 is 2.56 bits per heavy atom. The van der Waals surface area contributed by atoms with Crippen molar-refractivity contribution in [2.75, 3.05) is 14.2 Å². The second kappa shape index (κ2) is 8.37. The van der Waals surface area contributed by atoms with Crippen LogP contribution in [0.2, 0.25) is 5.02 Å². The molecule has 0 saturated carbocycles. The zero-order chi connectivity index (χ0) is 19.4. The highest BCUT2D eigenvalue weighted by Gasteiger charge is 2.12. The van der Waals surface area contributed by atoms with E-state index in [1.807, 2.05) is 22.8 Å². The lowest BCUT2D eigenvalue weighted by Gasteiger charge is -2.06. The molecule has 1 aromatic heterocycles. The minimum Gasteiger partial charge on any atom is -0.497 e. The molecule has 6 nitrogen and oxygen atoms in total. The number of nitrogens with zero attached hydrogens (tertiary/aromatic N) is 2. The number of esters is 1. The summed E-state index contributed by atoms with van der Waals surface area (Å²) in [5, 5.41) is 0.550. The number of hydrogen-bond acceptors (Lipinski definition) is 5. The smallest absolute Gasteiger partial charge is 0.307 e. The van der Waals surface area contributed by atoms with Gasteiger partial charge in [-0.3, -0.25) is 9.59 Å². The monoisotopic (exact) mass is 404 g/mol. The molecule has 3 aromatic rings. The summed E-state index contributed by atoms with van der Waals surface area (Å²) < 4.78 is 12.8. The number of methoxy groups -OCH3 is 2. The predicted molar refractivity (Wildman–Crippen MR) is 104 cm³/mol. The molecule has 8 heteroatoms. The van der Waals surface area contributed by atoms with E-state index in [4.69, 9.17) is 21.1 Å². The number of carbonyl (C=O) groups is 2. The third-order valence-corrected chi connectivity index (χ3v) is 5.26. The number of hydrogen-bond donors (Lipinski definition) is 0. The molecule has 0 fully saturated rings. The van der Waals surface area contributed by atoms with E-state index >= 15 is 0 Å². The van der Waals surface area contributed by atoms with Gasteiger partial charge in [0, 0.05) is 23.2 Å². The van der Waals surface area contributed by atoms with E-state index in [-0.39, 0.29) is 18.3 Å². The minimum atomic E-state index is -0.378. The normalized spacial score (nSPS) is 11.6. The number of aromatic nitrogens is 1. The maximum atomic E-state index is 12.5. The molecular weight excluding hydrogens is 388 g/mol. The summed E-state index contributed by atoms with van der Waals surface area (Å²) in [5.41, 5.74) is 1.28. The summed E-state index contributed by atoms with van der Waals surface area (Å²) in [6, 6.07) is 12.1. The third-order valence-electron chi connectivity index (χ3n) is 3.94. The fraction of sp³-hybridized carbons (Fsp3) is 0.211. The van der Waals surface area contributed by atoms with Gasteiger partial charge < -0.3 is 14.0 Å². The number of thiazole rings is 1. The first-order valence-electron chi connectivity index (χ1n) is 8.10. The van der Waals surface area contributed by atoms with Crippen molar-refractivity contribution < 1.29 is 19.1 Å². The van der Waals surface area contributed by atoms with Crippen molar-refractivity contribution in [3.8, 4) is 5.75 Å². The van der Waals surface area contributed by atoms with E-state index in [9.17, 15) is 9.59 Å². The first-order valence-corrected chi connectivity index (χ1v) is 9.30. The van der Waals surface area contributed by atoms with E-state index in [2.05, 4.69) is 4.99 Å². The molecule has 27 heavy (non-hydrogen) atoms. The summed E-state index contributed by atoms with van der Waals surface area (Å²) in [6.45, 7) is 0.340. The molecule has 1 heterocycles. The van der Waals surface area contributed by atoms with Gasteiger partial charge in [0.25, 0.3) is 5.91 Å². The molecular formula is C19H17ClN2O4S. The number of halogens is 1. The molecule has 0 radical (unpaired) electrons. The van der Waals surface area contributed by atoms with Gasteiger partial charge in [-0.25, -0.2) is 0 Å². The average Bonchev–Trinajstić information content (AvgIpc) is 3.02. The molecule has 2 aromatic carbocycles. The highest BCUT2D eigenvalue weighted by atomic mass is 35.5. The zero-order valence-electron chi connectivity index (χ0n) is 14.8. The number of aryl methyl sites for hydroxylation is 1. The van der Waals surface area contributed by atoms with Crippen LogP contribution in [0.3, 0.4) is 0 Å².